The molecule has 25 heavy (non-hydrogen) atoms. The van der Waals surface area contributed by atoms with Gasteiger partial charge in [0.2, 0.25) is 0 Å². The van der Waals surface area contributed by atoms with E-state index in [4.69, 9.17) is 0 Å². The van der Waals surface area contributed by atoms with Crippen molar-refractivity contribution in [3.63, 3.8) is 0 Å². The van der Waals surface area contributed by atoms with Crippen molar-refractivity contribution in [2.24, 2.45) is 0 Å². The molecular formula is C19H14BrN3O2. The number of pyridine rings is 1. The maximum Gasteiger partial charge on any atom is 0.257 e. The minimum Gasteiger partial charge on any atom is -0.322 e. The monoisotopic (exact) mass is 395 g/mol. The predicted octanol–water partition coefficient (Wildman–Crippen LogP) is 4.35. The summed E-state index contributed by atoms with van der Waals surface area (Å²) < 4.78 is 0.831. The standard InChI is InChI=1S/C19H14BrN3O2/c20-15-6-1-4-13(10-15)18(24)22-16-7-2-8-17(11-16)23-19(25)14-5-3-9-21-12-14/h1-12H,(H,22,24)(H,23,25). The Labute approximate surface area is 153 Å². The number of hydrogen-bond acceptors (Lipinski definition) is 3. The number of nitrogens with zero attached hydrogens (tertiary/aromatic N) is 1. The van der Waals surface area contributed by atoms with Crippen LogP contribution >= 0.6 is 15.9 Å². The lowest BCUT2D eigenvalue weighted by Crippen LogP contribution is -2.14. The molecule has 0 spiro atoms. The summed E-state index contributed by atoms with van der Waals surface area (Å²) in [6.07, 6.45) is 3.10. The minimum absolute atomic E-state index is 0.225. The molecule has 0 bridgehead atoms. The van der Waals surface area contributed by atoms with Crippen LogP contribution in [0.4, 0.5) is 11.4 Å². The fourth-order valence-electron chi connectivity index (χ4n) is 2.21. The molecule has 0 fully saturated rings. The van der Waals surface area contributed by atoms with Crippen LogP contribution in [0.3, 0.4) is 0 Å². The molecule has 0 aliphatic rings. The summed E-state index contributed by atoms with van der Waals surface area (Å²) in [5, 5.41) is 5.60. The number of amides is 2. The van der Waals surface area contributed by atoms with Crippen LogP contribution < -0.4 is 10.6 Å². The number of rotatable bonds is 4. The summed E-state index contributed by atoms with van der Waals surface area (Å²) in [5.41, 5.74) is 2.18. The molecule has 0 unspecified atom stereocenters. The molecule has 5 nitrogen and oxygen atoms in total. The molecule has 0 saturated carbocycles. The first-order valence-corrected chi connectivity index (χ1v) is 8.29. The number of nitrogens with one attached hydrogen (secondary N) is 2. The van der Waals surface area contributed by atoms with Gasteiger partial charge < -0.3 is 10.6 Å². The zero-order valence-corrected chi connectivity index (χ0v) is 14.7. The molecule has 3 aromatic rings. The van der Waals surface area contributed by atoms with Gasteiger partial charge in [-0.15, -0.1) is 0 Å². The maximum atomic E-state index is 12.3. The number of anilines is 2. The van der Waals surface area contributed by atoms with Gasteiger partial charge in [-0.25, -0.2) is 0 Å². The van der Waals surface area contributed by atoms with E-state index in [1.807, 2.05) is 6.07 Å². The Balaban J connectivity index is 1.71. The van der Waals surface area contributed by atoms with E-state index < -0.39 is 0 Å². The smallest absolute Gasteiger partial charge is 0.257 e. The van der Waals surface area contributed by atoms with Gasteiger partial charge in [0.05, 0.1) is 5.56 Å². The van der Waals surface area contributed by atoms with Crippen LogP contribution in [0.15, 0.2) is 77.5 Å². The van der Waals surface area contributed by atoms with Crippen LogP contribution in [0.1, 0.15) is 20.7 Å². The van der Waals surface area contributed by atoms with Crippen molar-refractivity contribution in [3.05, 3.63) is 88.7 Å². The highest BCUT2D eigenvalue weighted by atomic mass is 79.9. The van der Waals surface area contributed by atoms with Crippen LogP contribution in [-0.4, -0.2) is 16.8 Å². The zero-order chi connectivity index (χ0) is 17.6. The molecule has 0 radical (unpaired) electrons. The van der Waals surface area contributed by atoms with Crippen molar-refractivity contribution in [1.82, 2.24) is 4.98 Å². The Kier molecular flexibility index (Phi) is 5.20. The third-order valence-corrected chi connectivity index (χ3v) is 3.88. The first kappa shape index (κ1) is 16.9. The average Bonchev–Trinajstić information content (AvgIpc) is 2.63. The van der Waals surface area contributed by atoms with Crippen LogP contribution in [-0.2, 0) is 0 Å². The van der Waals surface area contributed by atoms with Gasteiger partial charge in [0.25, 0.3) is 11.8 Å². The fourth-order valence-corrected chi connectivity index (χ4v) is 2.61. The van der Waals surface area contributed by atoms with E-state index in [0.29, 0.717) is 22.5 Å². The van der Waals surface area contributed by atoms with Gasteiger partial charge >= 0.3 is 0 Å². The highest BCUT2D eigenvalue weighted by Gasteiger charge is 2.09. The van der Waals surface area contributed by atoms with E-state index in [1.165, 1.54) is 6.20 Å². The van der Waals surface area contributed by atoms with Crippen molar-refractivity contribution >= 4 is 39.1 Å². The third-order valence-electron chi connectivity index (χ3n) is 3.39. The number of carbonyl (C=O) groups excluding carboxylic acids is 2. The molecule has 0 aliphatic heterocycles. The third kappa shape index (κ3) is 4.51. The highest BCUT2D eigenvalue weighted by Crippen LogP contribution is 2.18. The van der Waals surface area contributed by atoms with E-state index >= 15 is 0 Å². The van der Waals surface area contributed by atoms with Crippen LogP contribution in [0.25, 0.3) is 0 Å². The SMILES string of the molecule is O=C(Nc1cccc(NC(=O)c2cccc(Br)c2)c1)c1cccnc1. The van der Waals surface area contributed by atoms with Gasteiger partial charge in [0.1, 0.15) is 0 Å². The Morgan fingerprint density at radius 1 is 0.800 bits per heavy atom. The van der Waals surface area contributed by atoms with Crippen LogP contribution in [0.5, 0.6) is 0 Å². The van der Waals surface area contributed by atoms with Crippen LogP contribution in [0, 0.1) is 0 Å². The molecule has 124 valence electrons. The molecule has 2 aromatic carbocycles. The molecule has 0 saturated heterocycles. The number of benzene rings is 2. The molecule has 1 heterocycles. The number of aromatic nitrogens is 1. The van der Waals surface area contributed by atoms with Gasteiger partial charge in [-0.3, -0.25) is 14.6 Å². The first-order valence-electron chi connectivity index (χ1n) is 7.50. The number of halogens is 1. The largest absolute Gasteiger partial charge is 0.322 e. The maximum absolute atomic E-state index is 12.3. The normalized spacial score (nSPS) is 10.1. The van der Waals surface area contributed by atoms with Gasteiger partial charge in [-0.05, 0) is 48.5 Å². The summed E-state index contributed by atoms with van der Waals surface area (Å²) in [5.74, 6) is -0.486. The Morgan fingerprint density at radius 3 is 2.08 bits per heavy atom. The van der Waals surface area contributed by atoms with Crippen molar-refractivity contribution < 1.29 is 9.59 Å². The summed E-state index contributed by atoms with van der Waals surface area (Å²) in [6, 6.07) is 17.5. The molecule has 0 aliphatic carbocycles. The Bertz CT molecular complexity index is 913. The fraction of sp³-hybridized carbons (Fsp3) is 0. The highest BCUT2D eigenvalue weighted by molar-refractivity contribution is 9.10. The van der Waals surface area contributed by atoms with E-state index in [9.17, 15) is 9.59 Å². The molecule has 3 rings (SSSR count). The van der Waals surface area contributed by atoms with E-state index in [-0.39, 0.29) is 11.8 Å². The van der Waals surface area contributed by atoms with Gasteiger partial charge in [-0.2, -0.15) is 0 Å². The topological polar surface area (TPSA) is 71.1 Å². The second-order valence-corrected chi connectivity index (χ2v) is 6.16. The summed E-state index contributed by atoms with van der Waals surface area (Å²) in [7, 11) is 0. The number of hydrogen-bond donors (Lipinski definition) is 2. The Hall–Kier alpha value is -2.99. The van der Waals surface area contributed by atoms with Gasteiger partial charge in [0.15, 0.2) is 0 Å². The van der Waals surface area contributed by atoms with Crippen LogP contribution in [0.2, 0.25) is 0 Å². The zero-order valence-electron chi connectivity index (χ0n) is 13.1. The van der Waals surface area contributed by atoms with Crippen molar-refractivity contribution in [1.29, 1.82) is 0 Å². The molecule has 2 amide bonds. The van der Waals surface area contributed by atoms with E-state index in [1.54, 1.807) is 60.8 Å². The quantitative estimate of drug-likeness (QED) is 0.689. The molecule has 0 atom stereocenters. The summed E-state index contributed by atoms with van der Waals surface area (Å²) >= 11 is 3.34. The van der Waals surface area contributed by atoms with Crippen molar-refractivity contribution in [2.75, 3.05) is 10.6 Å². The number of carbonyl (C=O) groups is 2. The second kappa shape index (κ2) is 7.72. The summed E-state index contributed by atoms with van der Waals surface area (Å²) in [6.45, 7) is 0. The van der Waals surface area contributed by atoms with E-state index in [0.717, 1.165) is 4.47 Å². The lowest BCUT2D eigenvalue weighted by molar-refractivity contribution is 0.101. The minimum atomic E-state index is -0.261. The molecule has 6 heteroatoms. The lowest BCUT2D eigenvalue weighted by Gasteiger charge is -2.09. The first-order chi connectivity index (χ1) is 12.1. The molecule has 2 N–H and O–H groups in total. The van der Waals surface area contributed by atoms with Crippen molar-refractivity contribution in [3.8, 4) is 0 Å². The van der Waals surface area contributed by atoms with E-state index in [2.05, 4.69) is 31.5 Å². The molecule has 1 aromatic heterocycles. The van der Waals surface area contributed by atoms with Gasteiger partial charge in [-0.1, -0.05) is 28.1 Å². The lowest BCUT2D eigenvalue weighted by atomic mass is 10.2. The molecular weight excluding hydrogens is 382 g/mol. The van der Waals surface area contributed by atoms with Crippen molar-refractivity contribution in [2.45, 2.75) is 0 Å². The second-order valence-electron chi connectivity index (χ2n) is 5.24. The van der Waals surface area contributed by atoms with Gasteiger partial charge in [0, 0.05) is 33.8 Å². The summed E-state index contributed by atoms with van der Waals surface area (Å²) in [4.78, 5) is 28.4. The predicted molar refractivity (Wildman–Crippen MR) is 101 cm³/mol. The average molecular weight is 396 g/mol. The Morgan fingerprint density at radius 2 is 1.44 bits per heavy atom.